The molecule has 2 saturated carbocycles. The summed E-state index contributed by atoms with van der Waals surface area (Å²) in [5.74, 6) is -18.0. The van der Waals surface area contributed by atoms with Gasteiger partial charge in [-0.05, 0) is 227 Å². The lowest BCUT2D eigenvalue weighted by Crippen LogP contribution is -2.61. The molecule has 8 aliphatic rings. The number of nitrogens with zero attached hydrogens (tertiary/aromatic N) is 2. The number of fused-ring (bicyclic) bond motifs is 6. The van der Waals surface area contributed by atoms with Crippen LogP contribution < -0.4 is 0 Å². The van der Waals surface area contributed by atoms with E-state index < -0.39 is 242 Å². The first-order valence-electron chi connectivity index (χ1n) is 54.7. The molecule has 0 aromatic rings. The molecule has 38 atom stereocenters. The molecule has 6 heterocycles. The lowest BCUT2D eigenvalue weighted by atomic mass is 9.78. The standard InChI is InChI=1S/2C57H91NO17/c2*1-11-42(59)51(65)52(66)45(62)31-73-46-29-40-22-20-38(8)57(70,75-40)54(67)55(68)58-24-16-15-19-41(58)56(69)74-47(35(5)27-39-21-23-43(60)48(28-39)71-9)30-44(61)34(4)26-37(7)50(64)53(72-10)49(63)36(6)25-32(2)17-13-12-14-18-33(46)3/h2*12-14,17-18,26,32,34-36,38-43,45-48,50-53,59-60,62,64-66,70H,11,15-16,19-25,27-31H2,1-10H3/b2*14-12+,17-13+,33-18+,37-26+/t32-,34-,35-,36-,38-,39+,40+,41+,42?,43-,45?,46+,47+,48-,50-,51?,52?,53+,57-;32-,34-,35-,36-,38-,39+,40+,41+,42?,43-,45?,46-,47+,48-,50-,51?,52?,53+,57-/m11/s1. The van der Waals surface area contributed by atoms with E-state index in [0.717, 1.165) is 9.80 Å². The van der Waals surface area contributed by atoms with Gasteiger partial charge in [0.2, 0.25) is 11.6 Å². The number of amides is 2. The van der Waals surface area contributed by atoms with Crippen molar-refractivity contribution in [3.05, 3.63) is 95.2 Å². The van der Waals surface area contributed by atoms with Gasteiger partial charge in [0.25, 0.3) is 23.4 Å². The highest BCUT2D eigenvalue weighted by Gasteiger charge is 2.56. The summed E-state index contributed by atoms with van der Waals surface area (Å²) in [7, 11) is 5.79. The van der Waals surface area contributed by atoms with E-state index in [0.29, 0.717) is 125 Å². The number of hydrogen-bond donors (Lipinski definition) is 14. The van der Waals surface area contributed by atoms with Crippen molar-refractivity contribution in [3.8, 4) is 0 Å². The van der Waals surface area contributed by atoms with Gasteiger partial charge in [-0.25, -0.2) is 9.59 Å². The predicted octanol–water partition coefficient (Wildman–Crippen LogP) is 8.81. The number of carbonyl (C=O) groups is 10. The molecule has 8 rings (SSSR count). The van der Waals surface area contributed by atoms with Gasteiger partial charge in [-0.3, -0.25) is 38.4 Å². The van der Waals surface area contributed by atoms with Crippen LogP contribution in [0.15, 0.2) is 95.2 Å². The normalized spacial score (nSPS) is 38.4. The number of cyclic esters (lactones) is 2. The molecule has 8 unspecified atom stereocenters. The number of rotatable bonds is 24. The quantitative estimate of drug-likeness (QED) is 0.0244. The SMILES string of the molecule is CCC(O)C(O)C(O)C(O)CO[C@@H]1C[C@@H]2CC[C@@H](C)[C@@](O)(O2)C(=O)C(=O)N2CCCC[C@H]2C(=O)O[C@H]([C@H](C)C[C@@H]2CC[C@@H](O)[C@H](OC)C2)CC(=O)[C@H](C)/C=C(\C)[C@@H](O)[C@@H](OC)C(=O)[C@H](C)C[C@H](C)/C=C/C=C/C=C/1C.CCC(O)C(O)C(O)C(O)CO[C@H]1C[C@@H]2CC[C@@H](C)[C@@](O)(O2)C(=O)C(=O)N2CCCC[C@H]2C(=O)O[C@H]([C@H](C)C[C@@H]2CC[C@@H](O)[C@H](OC)C2)CC(=O)[C@H](C)/C=C(\C)[C@@H](O)[C@@H](OC)C(=O)[C@H](C)C[C@H](C)/C=C/C=C/C=C/1C. The summed E-state index contributed by atoms with van der Waals surface area (Å²) >= 11 is 0. The zero-order valence-electron chi connectivity index (χ0n) is 92.2. The monoisotopic (exact) mass is 2120 g/mol. The Morgan fingerprint density at radius 3 is 1.09 bits per heavy atom. The molecule has 4 saturated heterocycles. The summed E-state index contributed by atoms with van der Waals surface area (Å²) in [4.78, 5) is 145. The van der Waals surface area contributed by atoms with Crippen LogP contribution in [0.5, 0.6) is 0 Å². The Kier molecular flexibility index (Phi) is 53.8. The first kappa shape index (κ1) is 130. The second-order valence-corrected chi connectivity index (χ2v) is 44.4. The molecule has 2 amide bonds. The van der Waals surface area contributed by atoms with E-state index in [2.05, 4.69) is 0 Å². The average Bonchev–Trinajstić information content (AvgIpc) is 0.773. The number of allylic oxidation sites excluding steroid dienone is 12. The molecule has 6 fully saturated rings. The minimum atomic E-state index is -2.61. The smallest absolute Gasteiger partial charge is 0.329 e. The summed E-state index contributed by atoms with van der Waals surface area (Å²) < 4.78 is 59.6. The number of carbonyl (C=O) groups excluding carboxylic acids is 10. The molecule has 4 bridgehead atoms. The summed E-state index contributed by atoms with van der Waals surface area (Å²) in [5.41, 5.74) is 1.92. The molecule has 14 N–H and O–H groups in total. The van der Waals surface area contributed by atoms with Gasteiger partial charge in [-0.1, -0.05) is 156 Å². The van der Waals surface area contributed by atoms with Gasteiger partial charge < -0.3 is 129 Å². The molecule has 6 aliphatic heterocycles. The minimum absolute atomic E-state index is 0.00699. The molecule has 2 aliphatic carbocycles. The Balaban J connectivity index is 0.000000406. The van der Waals surface area contributed by atoms with Gasteiger partial charge >= 0.3 is 11.9 Å². The molecular formula is C114H182N2O34. The Hall–Kier alpha value is -7.06. The second-order valence-electron chi connectivity index (χ2n) is 44.4. The third-order valence-electron chi connectivity index (χ3n) is 32.4. The Morgan fingerprint density at radius 2 is 0.760 bits per heavy atom. The first-order valence-corrected chi connectivity index (χ1v) is 54.7. The summed E-state index contributed by atoms with van der Waals surface area (Å²) in [6.07, 6.45) is 4.65. The first-order chi connectivity index (χ1) is 70.8. The summed E-state index contributed by atoms with van der Waals surface area (Å²) in [6.45, 7) is 26.7. The Labute approximate surface area is 887 Å². The van der Waals surface area contributed by atoms with Gasteiger partial charge in [0.1, 0.15) is 96.9 Å². The van der Waals surface area contributed by atoms with Gasteiger partial charge in [-0.15, -0.1) is 0 Å². The van der Waals surface area contributed by atoms with Crippen LogP contribution in [0.3, 0.4) is 0 Å². The van der Waals surface area contributed by atoms with Crippen molar-refractivity contribution >= 4 is 58.5 Å². The van der Waals surface area contributed by atoms with E-state index in [9.17, 15) is 119 Å². The Morgan fingerprint density at radius 1 is 0.413 bits per heavy atom. The largest absolute Gasteiger partial charge is 0.460 e. The fourth-order valence-corrected chi connectivity index (χ4v) is 22.1. The van der Waals surface area contributed by atoms with E-state index in [4.69, 9.17) is 47.4 Å². The van der Waals surface area contributed by atoms with Crippen molar-refractivity contribution in [2.45, 2.75) is 436 Å². The van der Waals surface area contributed by atoms with E-state index in [-0.39, 0.29) is 136 Å². The van der Waals surface area contributed by atoms with E-state index in [1.54, 1.807) is 146 Å². The van der Waals surface area contributed by atoms with E-state index in [1.807, 2.05) is 52.0 Å². The van der Waals surface area contributed by atoms with Crippen molar-refractivity contribution in [1.82, 2.24) is 9.80 Å². The molecule has 0 aromatic heterocycles. The third kappa shape index (κ3) is 36.5. The molecule has 0 spiro atoms. The summed E-state index contributed by atoms with van der Waals surface area (Å²) in [5, 5.41) is 152. The number of ether oxygens (including phenoxy) is 10. The van der Waals surface area contributed by atoms with Crippen molar-refractivity contribution in [3.63, 3.8) is 0 Å². The van der Waals surface area contributed by atoms with Crippen LogP contribution >= 0.6 is 0 Å². The van der Waals surface area contributed by atoms with Crippen LogP contribution in [0.2, 0.25) is 0 Å². The maximum atomic E-state index is 14.5. The summed E-state index contributed by atoms with van der Waals surface area (Å²) in [6, 6.07) is -2.46. The van der Waals surface area contributed by atoms with Crippen molar-refractivity contribution < 1.29 is 167 Å². The number of piperidine rings is 2. The number of hydrogen-bond acceptors (Lipinski definition) is 34. The van der Waals surface area contributed by atoms with Crippen LogP contribution in [-0.4, -0.2) is 352 Å². The van der Waals surface area contributed by atoms with Crippen LogP contribution in [0.25, 0.3) is 0 Å². The van der Waals surface area contributed by atoms with Crippen LogP contribution in [0, 0.1) is 71.0 Å². The minimum Gasteiger partial charge on any atom is -0.460 e. The van der Waals surface area contributed by atoms with Crippen LogP contribution in [0.1, 0.15) is 278 Å². The van der Waals surface area contributed by atoms with E-state index >= 15 is 0 Å². The van der Waals surface area contributed by atoms with Crippen LogP contribution in [0.4, 0.5) is 0 Å². The van der Waals surface area contributed by atoms with Gasteiger partial charge in [0.15, 0.2) is 11.6 Å². The third-order valence-corrected chi connectivity index (χ3v) is 32.4. The molecule has 36 heteroatoms. The molecule has 36 nitrogen and oxygen atoms in total. The lowest BCUT2D eigenvalue weighted by molar-refractivity contribution is -0.266. The zero-order valence-corrected chi connectivity index (χ0v) is 92.2. The maximum Gasteiger partial charge on any atom is 0.329 e. The van der Waals surface area contributed by atoms with Crippen LogP contribution in [-0.2, 0) is 95.3 Å². The number of Topliss-reactive ketones (excluding diaryl/α,β-unsaturated/α-hetero) is 6. The fraction of sp³-hybridized carbons (Fsp3) is 0.772. The lowest BCUT2D eigenvalue weighted by Gasteiger charge is -2.43. The zero-order chi connectivity index (χ0) is 112. The number of ketones is 6. The van der Waals surface area contributed by atoms with Crippen molar-refractivity contribution in [1.29, 1.82) is 0 Å². The fourth-order valence-electron chi connectivity index (χ4n) is 22.1. The van der Waals surface area contributed by atoms with Gasteiger partial charge in [0.05, 0.1) is 74.3 Å². The second kappa shape index (κ2) is 62.2. The molecule has 0 radical (unpaired) electrons. The Bertz CT molecular complexity index is 4290. The topological polar surface area (TPSA) is 553 Å². The molecular weight excluding hydrogens is 1940 g/mol. The number of aliphatic hydroxyl groups is 14. The highest BCUT2D eigenvalue weighted by atomic mass is 16.7. The van der Waals surface area contributed by atoms with Crippen molar-refractivity contribution in [2.75, 3.05) is 54.7 Å². The highest BCUT2D eigenvalue weighted by molar-refractivity contribution is 6.39. The van der Waals surface area contributed by atoms with Gasteiger partial charge in [0, 0.05) is 103 Å². The molecule has 150 heavy (non-hydrogen) atoms. The predicted molar refractivity (Wildman–Crippen MR) is 557 cm³/mol. The maximum absolute atomic E-state index is 14.5. The van der Waals surface area contributed by atoms with Gasteiger partial charge in [-0.2, -0.15) is 0 Å². The molecule has 852 valence electrons. The van der Waals surface area contributed by atoms with Crippen molar-refractivity contribution in [2.24, 2.45) is 71.0 Å². The average molecular weight is 2120 g/mol. The van der Waals surface area contributed by atoms with E-state index in [1.165, 1.54) is 14.2 Å². The number of methoxy groups -OCH3 is 4. The number of aliphatic hydroxyl groups excluding tert-OH is 12. The highest BCUT2D eigenvalue weighted by Crippen LogP contribution is 2.43. The number of esters is 2. The molecule has 0 aromatic carbocycles.